The predicted octanol–water partition coefficient (Wildman–Crippen LogP) is 4.70. The second kappa shape index (κ2) is 8.05. The lowest BCUT2D eigenvalue weighted by atomic mass is 10.1. The van der Waals surface area contributed by atoms with E-state index in [4.69, 9.17) is 13.9 Å². The summed E-state index contributed by atoms with van der Waals surface area (Å²) >= 11 is 3.42. The van der Waals surface area contributed by atoms with Gasteiger partial charge in [0.05, 0.1) is 11.1 Å². The van der Waals surface area contributed by atoms with Gasteiger partial charge in [-0.1, -0.05) is 12.1 Å². The van der Waals surface area contributed by atoms with Gasteiger partial charge in [-0.2, -0.15) is 0 Å². The van der Waals surface area contributed by atoms with Crippen molar-refractivity contribution in [1.29, 1.82) is 0 Å². The smallest absolute Gasteiger partial charge is 0.411 e. The average Bonchev–Trinajstić information content (AvgIpc) is 2.60. The van der Waals surface area contributed by atoms with Crippen LogP contribution < -0.4 is 15.7 Å². The Morgan fingerprint density at radius 3 is 2.77 bits per heavy atom. The number of para-hydroxylation sites is 1. The molecule has 0 saturated heterocycles. The average molecular weight is 418 g/mol. The van der Waals surface area contributed by atoms with Gasteiger partial charge in [-0.05, 0) is 47.1 Å². The molecule has 0 aliphatic carbocycles. The Balaban J connectivity index is 1.87. The maximum Gasteiger partial charge on any atom is 0.411 e. The molecule has 1 heterocycles. The first-order valence-electron chi connectivity index (χ1n) is 7.94. The molecule has 6 nitrogen and oxygen atoms in total. The van der Waals surface area contributed by atoms with Crippen molar-refractivity contribution in [3.8, 4) is 5.75 Å². The van der Waals surface area contributed by atoms with Gasteiger partial charge in [0.2, 0.25) is 0 Å². The molecule has 0 saturated carbocycles. The molecule has 0 unspecified atom stereocenters. The van der Waals surface area contributed by atoms with Gasteiger partial charge >= 0.3 is 11.7 Å². The molecule has 0 aliphatic rings. The van der Waals surface area contributed by atoms with E-state index in [2.05, 4.69) is 21.2 Å². The number of hydrogen-bond donors (Lipinski definition) is 1. The third-order valence-corrected chi connectivity index (χ3v) is 4.23. The standard InChI is InChI=1S/C19H16BrNO5/c1-2-24-19(23)21-13-7-8-14-12(9-18(22)26-17(14)10-13)11-25-16-6-4-3-5-15(16)20/h3-10H,2,11H2,1H3,(H,21,23). The van der Waals surface area contributed by atoms with E-state index in [0.717, 1.165) is 9.86 Å². The molecular formula is C19H16BrNO5. The summed E-state index contributed by atoms with van der Waals surface area (Å²) in [6, 6.07) is 13.9. The summed E-state index contributed by atoms with van der Waals surface area (Å²) in [6.45, 7) is 2.19. The topological polar surface area (TPSA) is 77.8 Å². The van der Waals surface area contributed by atoms with Gasteiger partial charge in [-0.25, -0.2) is 9.59 Å². The summed E-state index contributed by atoms with van der Waals surface area (Å²) in [7, 11) is 0. The van der Waals surface area contributed by atoms with Crippen LogP contribution in [-0.4, -0.2) is 12.7 Å². The van der Waals surface area contributed by atoms with Crippen LogP contribution in [0.5, 0.6) is 5.75 Å². The van der Waals surface area contributed by atoms with E-state index in [9.17, 15) is 9.59 Å². The lowest BCUT2D eigenvalue weighted by molar-refractivity contribution is 0.168. The van der Waals surface area contributed by atoms with Gasteiger partial charge in [0.1, 0.15) is 17.9 Å². The van der Waals surface area contributed by atoms with Gasteiger partial charge in [-0.3, -0.25) is 5.32 Å². The normalized spacial score (nSPS) is 10.5. The highest BCUT2D eigenvalue weighted by molar-refractivity contribution is 9.10. The van der Waals surface area contributed by atoms with Gasteiger partial charge in [0.15, 0.2) is 0 Å². The number of halogens is 1. The zero-order valence-electron chi connectivity index (χ0n) is 14.0. The molecule has 0 spiro atoms. The van der Waals surface area contributed by atoms with Gasteiger partial charge < -0.3 is 13.9 Å². The van der Waals surface area contributed by atoms with Crippen LogP contribution in [0.4, 0.5) is 10.5 Å². The van der Waals surface area contributed by atoms with Crippen LogP contribution in [0.3, 0.4) is 0 Å². The van der Waals surface area contributed by atoms with Crippen molar-refractivity contribution < 1.29 is 18.7 Å². The molecule has 1 amide bonds. The fourth-order valence-electron chi connectivity index (χ4n) is 2.43. The number of nitrogens with one attached hydrogen (secondary N) is 1. The molecule has 2 aromatic carbocycles. The lowest BCUT2D eigenvalue weighted by Gasteiger charge is -2.10. The molecule has 3 aromatic rings. The second-order valence-electron chi connectivity index (χ2n) is 5.37. The summed E-state index contributed by atoms with van der Waals surface area (Å²) in [5.41, 5.74) is 1.03. The minimum Gasteiger partial charge on any atom is -0.488 e. The first kappa shape index (κ1) is 18.0. The number of anilines is 1. The number of ether oxygens (including phenoxy) is 2. The molecule has 0 bridgehead atoms. The maximum absolute atomic E-state index is 11.9. The largest absolute Gasteiger partial charge is 0.488 e. The molecule has 1 N–H and O–H groups in total. The molecule has 7 heteroatoms. The molecule has 0 radical (unpaired) electrons. The van der Waals surface area contributed by atoms with Crippen LogP contribution in [0.15, 0.2) is 62.2 Å². The van der Waals surface area contributed by atoms with Gasteiger partial charge in [0.25, 0.3) is 0 Å². The summed E-state index contributed by atoms with van der Waals surface area (Å²) < 4.78 is 16.7. The Morgan fingerprint density at radius 2 is 2.00 bits per heavy atom. The van der Waals surface area contributed by atoms with Crippen LogP contribution in [0.25, 0.3) is 11.0 Å². The van der Waals surface area contributed by atoms with Crippen LogP contribution in [0.1, 0.15) is 12.5 Å². The highest BCUT2D eigenvalue weighted by atomic mass is 79.9. The van der Waals surface area contributed by atoms with Crippen molar-refractivity contribution >= 4 is 38.7 Å². The van der Waals surface area contributed by atoms with Crippen molar-refractivity contribution in [2.24, 2.45) is 0 Å². The number of benzene rings is 2. The fraction of sp³-hybridized carbons (Fsp3) is 0.158. The van der Waals surface area contributed by atoms with E-state index < -0.39 is 11.7 Å². The van der Waals surface area contributed by atoms with E-state index in [1.165, 1.54) is 6.07 Å². The van der Waals surface area contributed by atoms with Crippen LogP contribution in [-0.2, 0) is 11.3 Å². The van der Waals surface area contributed by atoms with E-state index in [0.29, 0.717) is 22.6 Å². The van der Waals surface area contributed by atoms with E-state index in [1.54, 1.807) is 25.1 Å². The Labute approximate surface area is 157 Å². The first-order chi connectivity index (χ1) is 12.6. The van der Waals surface area contributed by atoms with Crippen LogP contribution in [0, 0.1) is 0 Å². The highest BCUT2D eigenvalue weighted by Gasteiger charge is 2.10. The summed E-state index contributed by atoms with van der Waals surface area (Å²) in [6.07, 6.45) is -0.567. The Kier molecular flexibility index (Phi) is 5.58. The van der Waals surface area contributed by atoms with Crippen LogP contribution >= 0.6 is 15.9 Å². The quantitative estimate of drug-likeness (QED) is 0.608. The maximum atomic E-state index is 11.9. The van der Waals surface area contributed by atoms with Gasteiger partial charge in [-0.15, -0.1) is 0 Å². The molecule has 3 rings (SSSR count). The zero-order chi connectivity index (χ0) is 18.5. The Morgan fingerprint density at radius 1 is 1.19 bits per heavy atom. The highest BCUT2D eigenvalue weighted by Crippen LogP contribution is 2.26. The number of amides is 1. The third kappa shape index (κ3) is 4.23. The van der Waals surface area contributed by atoms with Crippen molar-refractivity contribution in [2.75, 3.05) is 11.9 Å². The molecular weight excluding hydrogens is 402 g/mol. The molecule has 0 atom stereocenters. The molecule has 0 aliphatic heterocycles. The SMILES string of the molecule is CCOC(=O)Nc1ccc2c(COc3ccccc3Br)cc(=O)oc2c1. The number of carbonyl (C=O) groups is 1. The van der Waals surface area contributed by atoms with Crippen molar-refractivity contribution in [1.82, 2.24) is 0 Å². The zero-order valence-corrected chi connectivity index (χ0v) is 15.5. The van der Waals surface area contributed by atoms with Crippen molar-refractivity contribution in [2.45, 2.75) is 13.5 Å². The summed E-state index contributed by atoms with van der Waals surface area (Å²) in [4.78, 5) is 23.4. The molecule has 26 heavy (non-hydrogen) atoms. The van der Waals surface area contributed by atoms with E-state index in [-0.39, 0.29) is 13.2 Å². The van der Waals surface area contributed by atoms with Gasteiger partial charge in [0, 0.05) is 28.8 Å². The monoisotopic (exact) mass is 417 g/mol. The van der Waals surface area contributed by atoms with E-state index >= 15 is 0 Å². The minimum absolute atomic E-state index is 0.204. The van der Waals surface area contributed by atoms with Crippen molar-refractivity contribution in [3.05, 3.63) is 69.0 Å². The first-order valence-corrected chi connectivity index (χ1v) is 8.74. The summed E-state index contributed by atoms with van der Waals surface area (Å²) in [5, 5.41) is 3.31. The Bertz CT molecular complexity index is 999. The Hall–Kier alpha value is -2.80. The number of hydrogen-bond acceptors (Lipinski definition) is 5. The summed E-state index contributed by atoms with van der Waals surface area (Å²) in [5.74, 6) is 0.675. The number of rotatable bonds is 5. The number of fused-ring (bicyclic) bond motifs is 1. The number of carbonyl (C=O) groups excluding carboxylic acids is 1. The van der Waals surface area contributed by atoms with E-state index in [1.807, 2.05) is 24.3 Å². The molecule has 1 aromatic heterocycles. The second-order valence-corrected chi connectivity index (χ2v) is 6.22. The predicted molar refractivity (Wildman–Crippen MR) is 102 cm³/mol. The molecule has 134 valence electrons. The fourth-order valence-corrected chi connectivity index (χ4v) is 2.83. The third-order valence-electron chi connectivity index (χ3n) is 3.57. The minimum atomic E-state index is -0.567. The van der Waals surface area contributed by atoms with Crippen molar-refractivity contribution in [3.63, 3.8) is 0 Å². The molecule has 0 fully saturated rings. The van der Waals surface area contributed by atoms with Crippen LogP contribution in [0.2, 0.25) is 0 Å². The lowest BCUT2D eigenvalue weighted by Crippen LogP contribution is -2.13.